The van der Waals surface area contributed by atoms with Crippen molar-refractivity contribution in [3.05, 3.63) is 236 Å². The first-order chi connectivity index (χ1) is 44.2. The second-order valence-corrected chi connectivity index (χ2v) is 27.5. The Kier molecular flexibility index (Phi) is 38.6. The van der Waals surface area contributed by atoms with Gasteiger partial charge in [0, 0.05) is 70.4 Å². The number of nitrogens with one attached hydrogen (secondary N) is 6. The van der Waals surface area contributed by atoms with Crippen LogP contribution in [0, 0.1) is 91.5 Å². The molecule has 6 N–H and O–H groups in total. The second-order valence-electron chi connectivity index (χ2n) is 26.5. The molecule has 0 aliphatic carbocycles. The minimum absolute atomic E-state index is 0.506. The van der Waals surface area contributed by atoms with Gasteiger partial charge in [0.25, 0.3) is 0 Å². The number of anilines is 6. The molecule has 0 radical (unpaired) electrons. The number of benzene rings is 8. The van der Waals surface area contributed by atoms with Gasteiger partial charge in [0.05, 0.1) is 0 Å². The van der Waals surface area contributed by atoms with E-state index in [4.69, 9.17) is 9.47 Å². The van der Waals surface area contributed by atoms with Crippen LogP contribution in [0.2, 0.25) is 0 Å². The molecule has 8 aromatic rings. The molecule has 94 heavy (non-hydrogen) atoms. The van der Waals surface area contributed by atoms with E-state index in [-0.39, 0.29) is 0 Å². The van der Waals surface area contributed by atoms with Crippen LogP contribution in [0.5, 0.6) is 11.5 Å². The summed E-state index contributed by atoms with van der Waals surface area (Å²) in [4.78, 5) is 0. The monoisotopic (exact) mass is 1440 g/mol. The van der Waals surface area contributed by atoms with Gasteiger partial charge in [-0.05, 0) is 306 Å². The van der Waals surface area contributed by atoms with Crippen LogP contribution in [0.25, 0.3) is 11.1 Å². The average molecular weight is 1430 g/mol. The summed E-state index contributed by atoms with van der Waals surface area (Å²) in [5, 5.41) is 20.3. The van der Waals surface area contributed by atoms with Crippen molar-refractivity contribution in [2.24, 2.45) is 0 Å². The van der Waals surface area contributed by atoms with Crippen molar-refractivity contribution in [2.45, 2.75) is 202 Å². The molecule has 0 amide bonds. The molecule has 8 aromatic carbocycles. The maximum absolute atomic E-state index is 5.21. The van der Waals surface area contributed by atoms with E-state index in [0.29, 0.717) is 36.3 Å². The number of aryl methyl sites for hydroxylation is 12. The van der Waals surface area contributed by atoms with Gasteiger partial charge in [0.15, 0.2) is 0 Å². The van der Waals surface area contributed by atoms with Gasteiger partial charge in [0.1, 0.15) is 0 Å². The van der Waals surface area contributed by atoms with Gasteiger partial charge in [-0.1, -0.05) is 36.4 Å². The summed E-state index contributed by atoms with van der Waals surface area (Å²) in [6.45, 7) is 51.3. The minimum Gasteiger partial charge on any atom is -0.383 e. The van der Waals surface area contributed by atoms with Crippen molar-refractivity contribution >= 4 is 45.3 Å². The predicted molar refractivity (Wildman–Crippen MR) is 409 cm³/mol. The van der Waals surface area contributed by atoms with Crippen LogP contribution in [0.4, 0.5) is 34.1 Å². The smallest absolute Gasteiger partial charge is 0.0347 e. The summed E-state index contributed by atoms with van der Waals surface area (Å²) in [5.74, 6) is 1.69. The maximum Gasteiger partial charge on any atom is 0.0347 e. The van der Waals surface area contributed by atoms with E-state index in [1.807, 2.05) is 86.8 Å². The first-order valence-corrected chi connectivity index (χ1v) is 35.1. The Morgan fingerprint density at radius 2 is 0.394 bits per heavy atom. The maximum atomic E-state index is 5.21. The third kappa shape index (κ3) is 35.9. The summed E-state index contributed by atoms with van der Waals surface area (Å²) in [6, 6.07) is 58.2. The molecule has 0 heterocycles. The normalized spacial score (nSPS) is 10.5. The third-order valence-corrected chi connectivity index (χ3v) is 14.3. The Morgan fingerprint density at radius 1 is 0.255 bits per heavy atom. The molecule has 506 valence electrons. The van der Waals surface area contributed by atoms with E-state index in [1.54, 1.807) is 14.2 Å². The number of rotatable bonds is 16. The summed E-state index contributed by atoms with van der Waals surface area (Å²) in [5.41, 5.74) is 27.4. The summed E-state index contributed by atoms with van der Waals surface area (Å²) < 4.78 is 17.0. The Hall–Kier alpha value is -7.16. The first-order valence-electron chi connectivity index (χ1n) is 33.1. The Bertz CT molecular complexity index is 3030. The minimum atomic E-state index is 0.506. The zero-order valence-electron chi connectivity index (χ0n) is 62.1. The van der Waals surface area contributed by atoms with Gasteiger partial charge in [-0.3, -0.25) is 0 Å². The van der Waals surface area contributed by atoms with E-state index in [1.165, 1.54) is 101 Å². The number of ether oxygens (including phenoxy) is 2. The molecule has 0 atom stereocenters. The van der Waals surface area contributed by atoms with Gasteiger partial charge >= 0.3 is 153 Å². The molecule has 0 unspecified atom stereocenters. The van der Waals surface area contributed by atoms with Crippen molar-refractivity contribution < 1.29 is 47.8 Å². The average Bonchev–Trinajstić information content (AvgIpc) is 0.862. The zero-order valence-corrected chi connectivity index (χ0v) is 66.1. The Labute approximate surface area is 592 Å². The molecule has 0 saturated carbocycles. The van der Waals surface area contributed by atoms with E-state index in [2.05, 4.69) is 316 Å². The standard InChI is InChI=1S/C18H14O2.6C11H17N.2Mo/c1-13(15-5-9-17(19-3)10-6-15)14(2)16-7-11-18(20-4)12-8-16;6*1-8(2)12-11-6-9(3)5-10(4)7-11;;/h5-12H,3-4H3;6*5-8,12H,1-4H3;;/b14-13+;;;;;;;;. The van der Waals surface area contributed by atoms with Gasteiger partial charge < -0.3 is 31.9 Å². The topological polar surface area (TPSA) is 90.6 Å². The van der Waals surface area contributed by atoms with E-state index in [9.17, 15) is 0 Å². The fourth-order valence-corrected chi connectivity index (χ4v) is 11.5. The molecule has 0 bridgehead atoms. The molecule has 8 nitrogen and oxygen atoms in total. The van der Waals surface area contributed by atoms with Crippen molar-refractivity contribution in [3.8, 4) is 19.9 Å². The van der Waals surface area contributed by atoms with Crippen LogP contribution in [0.3, 0.4) is 0 Å². The van der Waals surface area contributed by atoms with Gasteiger partial charge in [-0.2, -0.15) is 0 Å². The van der Waals surface area contributed by atoms with Gasteiger partial charge in [-0.15, -0.1) is 0 Å². The summed E-state index contributed by atoms with van der Waals surface area (Å²) in [6.07, 6.45) is 0. The molecule has 8 rings (SSSR count). The van der Waals surface area contributed by atoms with Gasteiger partial charge in [0.2, 0.25) is 0 Å². The van der Waals surface area contributed by atoms with Crippen LogP contribution < -0.4 is 41.4 Å². The van der Waals surface area contributed by atoms with Crippen molar-refractivity contribution in [3.63, 3.8) is 0 Å². The van der Waals surface area contributed by atoms with Crippen LogP contribution in [0.1, 0.15) is 161 Å². The van der Waals surface area contributed by atoms with Crippen molar-refractivity contribution in [1.82, 2.24) is 0 Å². The van der Waals surface area contributed by atoms with Crippen LogP contribution in [-0.4, -0.2) is 50.5 Å². The SMILES string of the molecule is COc1ccc(/C([C]#[Mo])=C(\[C]#[Mo])c2ccc(OC)cc2)cc1.Cc1cc(C)cc(NC(C)C)c1.Cc1cc(C)cc(NC(C)C)c1.Cc1cc(C)cc(NC(C)C)c1.Cc1cc(C)cc(NC(C)C)c1.Cc1cc(C)cc(NC(C)C)c1.Cc1cc(C)cc(NC(C)C)c1. The van der Waals surface area contributed by atoms with E-state index in [0.717, 1.165) is 33.8 Å². The van der Waals surface area contributed by atoms with Crippen molar-refractivity contribution in [1.29, 1.82) is 0 Å². The molecular weight excluding hydrogens is 1320 g/mol. The van der Waals surface area contributed by atoms with Gasteiger partial charge in [-0.25, -0.2) is 0 Å². The Balaban J connectivity index is 0.000000379. The molecule has 0 aliphatic heterocycles. The zero-order chi connectivity index (χ0) is 70.8. The fourth-order valence-electron chi connectivity index (χ4n) is 10.4. The number of hydrogen-bond acceptors (Lipinski definition) is 8. The quantitative estimate of drug-likeness (QED) is 0.0421. The molecule has 0 aromatic heterocycles. The number of allylic oxidation sites excluding steroid dienone is 2. The second kappa shape index (κ2) is 43.7. The fraction of sp³-hybridized carbons (Fsp3) is 0.381. The van der Waals surface area contributed by atoms with Crippen LogP contribution in [-0.2, 0) is 38.3 Å². The Morgan fingerprint density at radius 3 is 0.500 bits per heavy atom. The first kappa shape index (κ1) is 82.9. The summed E-state index contributed by atoms with van der Waals surface area (Å²) >= 11 is 3.68. The molecule has 0 saturated heterocycles. The molecule has 0 spiro atoms. The van der Waals surface area contributed by atoms with Crippen LogP contribution >= 0.6 is 0 Å². The molecule has 0 fully saturated rings. The van der Waals surface area contributed by atoms with E-state index < -0.39 is 0 Å². The molecule has 10 heteroatoms. The van der Waals surface area contributed by atoms with Crippen LogP contribution in [0.15, 0.2) is 158 Å². The van der Waals surface area contributed by atoms with E-state index >= 15 is 0 Å². The molecule has 0 aliphatic rings. The number of hydrogen-bond donors (Lipinski definition) is 6. The number of methoxy groups -OCH3 is 2. The summed E-state index contributed by atoms with van der Waals surface area (Å²) in [7, 11) is 3.34. The predicted octanol–water partition coefficient (Wildman–Crippen LogP) is 22.4. The third-order valence-electron chi connectivity index (χ3n) is 13.3. The van der Waals surface area contributed by atoms with Crippen molar-refractivity contribution in [2.75, 3.05) is 46.1 Å². The molecular formula is C84H116Mo2N6O2. The largest absolute Gasteiger partial charge is 0.383 e.